The van der Waals surface area contributed by atoms with Crippen LogP contribution < -0.4 is 0 Å². The Bertz CT molecular complexity index is 497. The van der Waals surface area contributed by atoms with Gasteiger partial charge in [0.05, 0.1) is 27.2 Å². The largest absolute Gasteiger partial charge is 0.465 e. The molecular formula is C8H16F2N2O6S2. The molecule has 20 heavy (non-hydrogen) atoms. The second-order valence-electron chi connectivity index (χ2n) is 4.41. The van der Waals surface area contributed by atoms with E-state index in [1.807, 2.05) is 0 Å². The molecule has 0 aromatic heterocycles. The Morgan fingerprint density at radius 2 is 1.55 bits per heavy atom. The molecule has 12 heteroatoms. The molecule has 0 atom stereocenters. The van der Waals surface area contributed by atoms with Crippen molar-refractivity contribution in [2.45, 2.75) is 12.8 Å². The standard InChI is InChI=1S/C8H16NO2.F2NO4S2/c1-9(5-3-4-6-9)7-8(10)11-2;1-8(4,5)3-9(2,6)7/h3-7H2,1-2H3;/q+1;-1. The Morgan fingerprint density at radius 3 is 1.80 bits per heavy atom. The van der Waals surface area contributed by atoms with Crippen LogP contribution in [0.2, 0.25) is 0 Å². The molecule has 1 rings (SSSR count). The van der Waals surface area contributed by atoms with Crippen LogP contribution in [0, 0.1) is 0 Å². The molecule has 8 nitrogen and oxygen atoms in total. The molecule has 1 fully saturated rings. The molecule has 1 aliphatic rings. The van der Waals surface area contributed by atoms with Crippen LogP contribution in [0.5, 0.6) is 0 Å². The molecule has 0 spiro atoms. The van der Waals surface area contributed by atoms with Crippen molar-refractivity contribution >= 4 is 26.8 Å². The summed E-state index contributed by atoms with van der Waals surface area (Å²) >= 11 is 0. The fourth-order valence-corrected chi connectivity index (χ4v) is 2.59. The van der Waals surface area contributed by atoms with Gasteiger partial charge >= 0.3 is 5.97 Å². The summed E-state index contributed by atoms with van der Waals surface area (Å²) in [7, 11) is -7.68. The maximum absolute atomic E-state index is 11.1. The minimum atomic E-state index is -5.62. The monoisotopic (exact) mass is 338 g/mol. The van der Waals surface area contributed by atoms with Gasteiger partial charge in [0.15, 0.2) is 6.54 Å². The van der Waals surface area contributed by atoms with Crippen molar-refractivity contribution in [3.05, 3.63) is 4.13 Å². The van der Waals surface area contributed by atoms with Crippen LogP contribution in [0.25, 0.3) is 4.13 Å². The molecule has 120 valence electrons. The SMILES string of the molecule is COC(=O)C[N+]1(C)CCCC1.O=S(=O)(F)[N-]S(=O)(=O)F. The number of nitrogens with zero attached hydrogens (tertiary/aromatic N) is 2. The lowest BCUT2D eigenvalue weighted by Crippen LogP contribution is -2.45. The van der Waals surface area contributed by atoms with Gasteiger partial charge in [0.1, 0.15) is 0 Å². The van der Waals surface area contributed by atoms with Crippen LogP contribution in [-0.2, 0) is 30.3 Å². The number of carbonyl (C=O) groups excluding carboxylic acids is 1. The summed E-state index contributed by atoms with van der Waals surface area (Å²) in [5.41, 5.74) is 0. The van der Waals surface area contributed by atoms with E-state index in [1.54, 1.807) is 0 Å². The quantitative estimate of drug-likeness (QED) is 0.411. The van der Waals surface area contributed by atoms with Crippen LogP contribution in [0.1, 0.15) is 12.8 Å². The molecule has 0 radical (unpaired) electrons. The number of halogens is 2. The maximum atomic E-state index is 11.1. The van der Waals surface area contributed by atoms with Gasteiger partial charge in [0.2, 0.25) is 20.8 Å². The van der Waals surface area contributed by atoms with Gasteiger partial charge in [-0.3, -0.25) is 0 Å². The third-order valence-corrected chi connectivity index (χ3v) is 3.99. The number of ether oxygens (including phenoxy) is 1. The fourth-order valence-electron chi connectivity index (χ4n) is 1.74. The van der Waals surface area contributed by atoms with Gasteiger partial charge in [0, 0.05) is 12.8 Å². The summed E-state index contributed by atoms with van der Waals surface area (Å²) in [6.07, 6.45) is 2.49. The van der Waals surface area contributed by atoms with Crippen LogP contribution in [0.4, 0.5) is 7.77 Å². The van der Waals surface area contributed by atoms with Crippen molar-refractivity contribution in [2.24, 2.45) is 0 Å². The van der Waals surface area contributed by atoms with Gasteiger partial charge in [-0.25, -0.2) is 21.6 Å². The summed E-state index contributed by atoms with van der Waals surface area (Å²) in [4.78, 5) is 10.9. The van der Waals surface area contributed by atoms with Crippen molar-refractivity contribution in [1.29, 1.82) is 0 Å². The molecule has 0 aromatic carbocycles. The Labute approximate surface area is 117 Å². The molecule has 0 bridgehead atoms. The minimum Gasteiger partial charge on any atom is -0.465 e. The second-order valence-corrected chi connectivity index (χ2v) is 6.65. The average Bonchev–Trinajstić information content (AvgIpc) is 2.60. The lowest BCUT2D eigenvalue weighted by Gasteiger charge is -2.27. The van der Waals surface area contributed by atoms with E-state index in [4.69, 9.17) is 0 Å². The van der Waals surface area contributed by atoms with Gasteiger partial charge in [-0.1, -0.05) is 0 Å². The third-order valence-electron chi connectivity index (χ3n) is 2.56. The zero-order valence-electron chi connectivity index (χ0n) is 11.0. The normalized spacial score (nSPS) is 18.0. The molecular weight excluding hydrogens is 322 g/mol. The van der Waals surface area contributed by atoms with Crippen molar-refractivity contribution < 1.29 is 38.6 Å². The molecule has 0 N–H and O–H groups in total. The Kier molecular flexibility index (Phi) is 6.93. The smallest absolute Gasteiger partial charge is 0.361 e. The molecule has 1 aliphatic heterocycles. The fraction of sp³-hybridized carbons (Fsp3) is 0.875. The first-order valence-corrected chi connectivity index (χ1v) is 8.09. The average molecular weight is 338 g/mol. The summed E-state index contributed by atoms with van der Waals surface area (Å²) < 4.78 is 65.6. The van der Waals surface area contributed by atoms with Gasteiger partial charge in [-0.05, 0) is 0 Å². The zero-order chi connectivity index (χ0) is 16.0. The van der Waals surface area contributed by atoms with Crippen LogP contribution in [0.15, 0.2) is 0 Å². The lowest BCUT2D eigenvalue weighted by molar-refractivity contribution is -0.890. The Hall–Kier alpha value is -0.850. The molecule has 0 unspecified atom stereocenters. The first-order valence-electron chi connectivity index (χ1n) is 5.41. The molecule has 1 saturated heterocycles. The number of hydrogen-bond acceptors (Lipinski definition) is 6. The maximum Gasteiger partial charge on any atom is 0.361 e. The summed E-state index contributed by atoms with van der Waals surface area (Å²) in [6.45, 7) is 2.78. The number of likely N-dealkylation sites (tertiary alicyclic amines) is 1. The van der Waals surface area contributed by atoms with Crippen molar-refractivity contribution in [2.75, 3.05) is 33.8 Å². The summed E-state index contributed by atoms with van der Waals surface area (Å²) in [5, 5.41) is 0. The first-order chi connectivity index (χ1) is 8.87. The number of rotatable bonds is 4. The van der Waals surface area contributed by atoms with Gasteiger partial charge in [0.25, 0.3) is 0 Å². The van der Waals surface area contributed by atoms with Gasteiger partial charge in [-0.15, -0.1) is 7.77 Å². The van der Waals surface area contributed by atoms with E-state index >= 15 is 0 Å². The number of esters is 1. The predicted molar refractivity (Wildman–Crippen MR) is 65.5 cm³/mol. The minimum absolute atomic E-state index is 0.0885. The number of carbonyl (C=O) groups is 1. The van der Waals surface area contributed by atoms with Crippen molar-refractivity contribution in [1.82, 2.24) is 0 Å². The highest BCUT2D eigenvalue weighted by molar-refractivity contribution is 8.07. The highest BCUT2D eigenvalue weighted by Gasteiger charge is 2.29. The summed E-state index contributed by atoms with van der Waals surface area (Å²) in [5.74, 6) is -0.0885. The lowest BCUT2D eigenvalue weighted by atomic mass is 10.4. The topological polar surface area (TPSA) is 109 Å². The molecule has 0 aromatic rings. The second kappa shape index (κ2) is 7.24. The zero-order valence-corrected chi connectivity index (χ0v) is 12.6. The van der Waals surface area contributed by atoms with E-state index in [2.05, 4.69) is 11.8 Å². The van der Waals surface area contributed by atoms with E-state index in [-0.39, 0.29) is 5.97 Å². The number of quaternary nitrogens is 1. The van der Waals surface area contributed by atoms with Gasteiger partial charge < -0.3 is 13.3 Å². The highest BCUT2D eigenvalue weighted by Crippen LogP contribution is 2.15. The number of hydrogen-bond donors (Lipinski definition) is 0. The molecule has 0 amide bonds. The van der Waals surface area contributed by atoms with Crippen molar-refractivity contribution in [3.8, 4) is 0 Å². The third kappa shape index (κ3) is 10.00. The van der Waals surface area contributed by atoms with Crippen LogP contribution in [0.3, 0.4) is 0 Å². The molecule has 1 heterocycles. The highest BCUT2D eigenvalue weighted by atomic mass is 32.3. The van der Waals surface area contributed by atoms with Crippen LogP contribution >= 0.6 is 0 Å². The van der Waals surface area contributed by atoms with E-state index in [0.29, 0.717) is 6.54 Å². The predicted octanol–water partition coefficient (Wildman–Crippen LogP) is 0.188. The molecule has 0 saturated carbocycles. The van der Waals surface area contributed by atoms with E-state index in [1.165, 1.54) is 20.0 Å². The van der Waals surface area contributed by atoms with E-state index < -0.39 is 20.8 Å². The first kappa shape index (κ1) is 19.1. The van der Waals surface area contributed by atoms with E-state index in [0.717, 1.165) is 21.7 Å². The van der Waals surface area contributed by atoms with Crippen molar-refractivity contribution in [3.63, 3.8) is 0 Å². The molecule has 0 aliphatic carbocycles. The number of likely N-dealkylation sites (N-methyl/N-ethyl adjacent to an activating group) is 1. The van der Waals surface area contributed by atoms with Crippen LogP contribution in [-0.4, -0.2) is 61.1 Å². The Balaban J connectivity index is 0.000000370. The number of methoxy groups -OCH3 is 1. The Morgan fingerprint density at radius 1 is 1.15 bits per heavy atom. The van der Waals surface area contributed by atoms with Gasteiger partial charge in [-0.2, -0.15) is 0 Å². The summed E-state index contributed by atoms with van der Waals surface area (Å²) in [6, 6.07) is 0. The van der Waals surface area contributed by atoms with E-state index in [9.17, 15) is 29.4 Å².